The maximum atomic E-state index is 13.3. The summed E-state index contributed by atoms with van der Waals surface area (Å²) in [5.41, 5.74) is 2.32. The topological polar surface area (TPSA) is 48.1 Å². The summed E-state index contributed by atoms with van der Waals surface area (Å²) in [4.78, 5) is 17.5. The Kier molecular flexibility index (Phi) is 4.62. The average Bonchev–Trinajstić information content (AvgIpc) is 2.98. The predicted octanol–water partition coefficient (Wildman–Crippen LogP) is 3.34. The quantitative estimate of drug-likeness (QED) is 0.756. The van der Waals surface area contributed by atoms with Crippen LogP contribution < -0.4 is 5.32 Å². The molecule has 0 fully saturated rings. The van der Waals surface area contributed by atoms with E-state index in [0.717, 1.165) is 11.1 Å². The highest BCUT2D eigenvalue weighted by molar-refractivity contribution is 5.98. The second kappa shape index (κ2) is 6.84. The van der Waals surface area contributed by atoms with Crippen molar-refractivity contribution in [2.45, 2.75) is 6.04 Å². The van der Waals surface area contributed by atoms with E-state index in [1.807, 2.05) is 44.4 Å². The molecule has 1 heterocycles. The Bertz CT molecular complexity index is 842. The van der Waals surface area contributed by atoms with Crippen molar-refractivity contribution in [3.05, 3.63) is 71.7 Å². The van der Waals surface area contributed by atoms with Gasteiger partial charge < -0.3 is 15.2 Å². The van der Waals surface area contributed by atoms with Crippen LogP contribution in [0.2, 0.25) is 0 Å². The van der Waals surface area contributed by atoms with E-state index in [9.17, 15) is 9.18 Å². The fourth-order valence-electron chi connectivity index (χ4n) is 2.78. The van der Waals surface area contributed by atoms with Gasteiger partial charge in [0.15, 0.2) is 0 Å². The van der Waals surface area contributed by atoms with Crippen LogP contribution in [0.1, 0.15) is 22.1 Å². The number of aromatic amines is 1. The summed E-state index contributed by atoms with van der Waals surface area (Å²) in [6, 6.07) is 16.2. The highest BCUT2D eigenvalue weighted by atomic mass is 19.1. The average molecular weight is 325 g/mol. The standard InChI is InChI=1S/C19H20FN3O/c1-23(2)18(13-6-4-3-5-7-13)12-21-19(24)17-11-14-10-15(20)8-9-16(14)22-17/h3-11,18,22H,12H2,1-2H3,(H,21,24). The summed E-state index contributed by atoms with van der Waals surface area (Å²) in [7, 11) is 3.96. The van der Waals surface area contributed by atoms with Crippen molar-refractivity contribution in [3.63, 3.8) is 0 Å². The van der Waals surface area contributed by atoms with E-state index in [-0.39, 0.29) is 17.8 Å². The number of nitrogens with one attached hydrogen (secondary N) is 2. The summed E-state index contributed by atoms with van der Waals surface area (Å²) < 4.78 is 13.3. The molecule has 0 saturated heterocycles. The van der Waals surface area contributed by atoms with Crippen LogP contribution >= 0.6 is 0 Å². The molecule has 0 saturated carbocycles. The minimum atomic E-state index is -0.315. The number of fused-ring (bicyclic) bond motifs is 1. The molecule has 1 amide bonds. The van der Waals surface area contributed by atoms with Gasteiger partial charge in [0.2, 0.25) is 0 Å². The van der Waals surface area contributed by atoms with Gasteiger partial charge in [0, 0.05) is 17.4 Å². The molecular formula is C19H20FN3O. The van der Waals surface area contributed by atoms with Crippen molar-refractivity contribution in [2.24, 2.45) is 0 Å². The first-order valence-electron chi connectivity index (χ1n) is 7.82. The fourth-order valence-corrected chi connectivity index (χ4v) is 2.78. The lowest BCUT2D eigenvalue weighted by atomic mass is 10.1. The number of carbonyl (C=O) groups is 1. The zero-order valence-corrected chi connectivity index (χ0v) is 13.7. The molecule has 2 aromatic carbocycles. The largest absolute Gasteiger partial charge is 0.351 e. The smallest absolute Gasteiger partial charge is 0.267 e. The van der Waals surface area contributed by atoms with Gasteiger partial charge in [0.1, 0.15) is 11.5 Å². The van der Waals surface area contributed by atoms with Crippen molar-refractivity contribution in [2.75, 3.05) is 20.6 Å². The van der Waals surface area contributed by atoms with Crippen molar-refractivity contribution < 1.29 is 9.18 Å². The number of likely N-dealkylation sites (N-methyl/N-ethyl adjacent to an activating group) is 1. The number of halogens is 1. The number of benzene rings is 2. The molecule has 1 unspecified atom stereocenters. The van der Waals surface area contributed by atoms with Crippen LogP contribution in [-0.4, -0.2) is 36.4 Å². The Labute approximate surface area is 140 Å². The lowest BCUT2D eigenvalue weighted by molar-refractivity contribution is 0.0937. The molecule has 0 aliphatic heterocycles. The molecule has 0 radical (unpaired) electrons. The van der Waals surface area contributed by atoms with Crippen LogP contribution in [0.5, 0.6) is 0 Å². The lowest BCUT2D eigenvalue weighted by Gasteiger charge is -2.25. The number of rotatable bonds is 5. The zero-order valence-electron chi connectivity index (χ0n) is 13.7. The number of hydrogen-bond acceptors (Lipinski definition) is 2. The monoisotopic (exact) mass is 325 g/mol. The first kappa shape index (κ1) is 16.2. The second-order valence-electron chi connectivity index (χ2n) is 6.01. The zero-order chi connectivity index (χ0) is 17.1. The molecule has 1 atom stereocenters. The first-order valence-corrected chi connectivity index (χ1v) is 7.82. The van der Waals surface area contributed by atoms with Crippen LogP contribution in [0.4, 0.5) is 4.39 Å². The molecule has 3 aromatic rings. The minimum Gasteiger partial charge on any atom is -0.351 e. The number of carbonyl (C=O) groups excluding carboxylic acids is 1. The van der Waals surface area contributed by atoms with Crippen LogP contribution in [0.3, 0.4) is 0 Å². The number of amides is 1. The molecule has 3 rings (SSSR count). The van der Waals surface area contributed by atoms with Gasteiger partial charge in [-0.2, -0.15) is 0 Å². The van der Waals surface area contributed by atoms with E-state index < -0.39 is 0 Å². The van der Waals surface area contributed by atoms with E-state index in [0.29, 0.717) is 17.6 Å². The van der Waals surface area contributed by atoms with Gasteiger partial charge in [0.25, 0.3) is 5.91 Å². The van der Waals surface area contributed by atoms with Crippen LogP contribution in [0.15, 0.2) is 54.6 Å². The Balaban J connectivity index is 1.73. The van der Waals surface area contributed by atoms with Gasteiger partial charge in [-0.3, -0.25) is 4.79 Å². The Morgan fingerprint density at radius 1 is 1.17 bits per heavy atom. The van der Waals surface area contributed by atoms with Gasteiger partial charge in [-0.05, 0) is 43.9 Å². The normalized spacial score (nSPS) is 12.5. The van der Waals surface area contributed by atoms with E-state index >= 15 is 0 Å². The summed E-state index contributed by atoms with van der Waals surface area (Å²) in [5.74, 6) is -0.514. The predicted molar refractivity (Wildman–Crippen MR) is 93.5 cm³/mol. The molecule has 1 aromatic heterocycles. The second-order valence-corrected chi connectivity index (χ2v) is 6.01. The third kappa shape index (κ3) is 3.46. The summed E-state index contributed by atoms with van der Waals surface area (Å²) in [6.07, 6.45) is 0. The maximum absolute atomic E-state index is 13.3. The van der Waals surface area contributed by atoms with E-state index in [4.69, 9.17) is 0 Å². The van der Waals surface area contributed by atoms with Gasteiger partial charge in [0.05, 0.1) is 6.04 Å². The summed E-state index contributed by atoms with van der Waals surface area (Å²) >= 11 is 0. The SMILES string of the molecule is CN(C)C(CNC(=O)c1cc2cc(F)ccc2[nH]1)c1ccccc1. The van der Waals surface area contributed by atoms with Crippen LogP contribution in [0.25, 0.3) is 10.9 Å². The molecule has 0 aliphatic rings. The molecule has 0 aliphatic carbocycles. The van der Waals surface area contributed by atoms with Gasteiger partial charge in [-0.25, -0.2) is 4.39 Å². The summed E-state index contributed by atoms with van der Waals surface area (Å²) in [6.45, 7) is 0.486. The number of hydrogen-bond donors (Lipinski definition) is 2. The molecule has 2 N–H and O–H groups in total. The van der Waals surface area contributed by atoms with E-state index in [2.05, 4.69) is 15.2 Å². The number of H-pyrrole nitrogens is 1. The Morgan fingerprint density at radius 2 is 1.92 bits per heavy atom. The minimum absolute atomic E-state index is 0.0805. The molecule has 24 heavy (non-hydrogen) atoms. The maximum Gasteiger partial charge on any atom is 0.267 e. The van der Waals surface area contributed by atoms with E-state index in [1.54, 1.807) is 12.1 Å². The fraction of sp³-hybridized carbons (Fsp3) is 0.211. The van der Waals surface area contributed by atoms with Gasteiger partial charge in [-0.15, -0.1) is 0 Å². The van der Waals surface area contributed by atoms with E-state index in [1.165, 1.54) is 12.1 Å². The van der Waals surface area contributed by atoms with Gasteiger partial charge >= 0.3 is 0 Å². The first-order chi connectivity index (χ1) is 11.5. The molecule has 124 valence electrons. The third-order valence-electron chi connectivity index (χ3n) is 4.09. The van der Waals surface area contributed by atoms with Crippen molar-refractivity contribution in [1.29, 1.82) is 0 Å². The van der Waals surface area contributed by atoms with Gasteiger partial charge in [-0.1, -0.05) is 30.3 Å². The number of nitrogens with zero attached hydrogens (tertiary/aromatic N) is 1. The lowest BCUT2D eigenvalue weighted by Crippen LogP contribution is -2.34. The summed E-state index contributed by atoms with van der Waals surface area (Å²) in [5, 5.41) is 3.64. The third-order valence-corrected chi connectivity index (χ3v) is 4.09. The van der Waals surface area contributed by atoms with Crippen LogP contribution in [-0.2, 0) is 0 Å². The molecule has 5 heteroatoms. The van der Waals surface area contributed by atoms with Crippen LogP contribution in [0, 0.1) is 5.82 Å². The molecular weight excluding hydrogens is 305 g/mol. The Morgan fingerprint density at radius 3 is 2.62 bits per heavy atom. The highest BCUT2D eigenvalue weighted by Gasteiger charge is 2.16. The molecule has 0 spiro atoms. The number of aromatic nitrogens is 1. The highest BCUT2D eigenvalue weighted by Crippen LogP contribution is 2.18. The molecule has 4 nitrogen and oxygen atoms in total. The molecule has 0 bridgehead atoms. The van der Waals surface area contributed by atoms with Crippen molar-refractivity contribution in [3.8, 4) is 0 Å². The van der Waals surface area contributed by atoms with Crippen molar-refractivity contribution >= 4 is 16.8 Å². The van der Waals surface area contributed by atoms with Crippen molar-refractivity contribution in [1.82, 2.24) is 15.2 Å². The Hall–Kier alpha value is -2.66.